The van der Waals surface area contributed by atoms with Gasteiger partial charge in [-0.3, -0.25) is 9.59 Å². The molecule has 1 aliphatic heterocycles. The molecule has 5 rings (SSSR count). The second kappa shape index (κ2) is 7.94. The standard InChI is InChI=1S/C22H23N3O2S.ClH/c26-20-17(11-16-3-1-2-4-18(16)24-20)21(27)25(13-15-5-10-28-14-15)19-12-22(19)6-8-23-9-7-22;/h1-5,10-11,14,19,23H,6-9,12-13H2,(H,24,26);1H. The summed E-state index contributed by atoms with van der Waals surface area (Å²) in [4.78, 5) is 31.0. The Kier molecular flexibility index (Phi) is 5.51. The Labute approximate surface area is 179 Å². The molecule has 1 saturated heterocycles. The molecule has 1 saturated carbocycles. The maximum atomic E-state index is 13.5. The summed E-state index contributed by atoms with van der Waals surface area (Å²) in [6.45, 7) is 2.58. The maximum Gasteiger partial charge on any atom is 0.261 e. The van der Waals surface area contributed by atoms with E-state index in [1.807, 2.05) is 34.5 Å². The zero-order valence-corrected chi connectivity index (χ0v) is 17.7. The van der Waals surface area contributed by atoms with Gasteiger partial charge in [-0.1, -0.05) is 18.2 Å². The van der Waals surface area contributed by atoms with Gasteiger partial charge in [0.25, 0.3) is 11.5 Å². The molecule has 1 aromatic carbocycles. The molecule has 2 fully saturated rings. The van der Waals surface area contributed by atoms with E-state index >= 15 is 0 Å². The molecule has 3 heterocycles. The normalized spacial score (nSPS) is 19.7. The lowest BCUT2D eigenvalue weighted by atomic mass is 9.93. The van der Waals surface area contributed by atoms with Gasteiger partial charge in [0.1, 0.15) is 5.56 Å². The number of hydrogen-bond acceptors (Lipinski definition) is 4. The van der Waals surface area contributed by atoms with Gasteiger partial charge in [-0.05, 0) is 77.7 Å². The van der Waals surface area contributed by atoms with Crippen LogP contribution in [0, 0.1) is 5.41 Å². The summed E-state index contributed by atoms with van der Waals surface area (Å²) in [6.07, 6.45) is 3.23. The summed E-state index contributed by atoms with van der Waals surface area (Å²) in [6, 6.07) is 11.6. The summed E-state index contributed by atoms with van der Waals surface area (Å²) < 4.78 is 0. The summed E-state index contributed by atoms with van der Waals surface area (Å²) in [7, 11) is 0. The molecule has 2 N–H and O–H groups in total. The molecule has 29 heavy (non-hydrogen) atoms. The number of aromatic amines is 1. The lowest BCUT2D eigenvalue weighted by molar-refractivity contribution is 0.0691. The molecule has 0 bridgehead atoms. The molecule has 1 amide bonds. The van der Waals surface area contributed by atoms with Crippen LogP contribution < -0.4 is 10.9 Å². The number of para-hydroxylation sites is 1. The van der Waals surface area contributed by atoms with Gasteiger partial charge < -0.3 is 15.2 Å². The Bertz CT molecular complexity index is 1070. The van der Waals surface area contributed by atoms with E-state index in [0.717, 1.165) is 48.8 Å². The Morgan fingerprint density at radius 2 is 2.00 bits per heavy atom. The first-order chi connectivity index (χ1) is 13.7. The second-order valence-corrected chi connectivity index (χ2v) is 8.78. The van der Waals surface area contributed by atoms with Crippen LogP contribution in [-0.4, -0.2) is 34.9 Å². The molecule has 1 aliphatic carbocycles. The van der Waals surface area contributed by atoms with E-state index in [0.29, 0.717) is 6.54 Å². The third-order valence-electron chi connectivity index (χ3n) is 6.30. The number of pyridine rings is 1. The molecule has 1 unspecified atom stereocenters. The number of rotatable bonds is 4. The predicted molar refractivity (Wildman–Crippen MR) is 119 cm³/mol. The van der Waals surface area contributed by atoms with Gasteiger partial charge in [0.05, 0.1) is 0 Å². The SMILES string of the molecule is Cl.O=C(c1cc2ccccc2[nH]c1=O)N(Cc1ccsc1)C1CC12CCNCC2. The van der Waals surface area contributed by atoms with Gasteiger partial charge in [0.2, 0.25) is 0 Å². The van der Waals surface area contributed by atoms with E-state index < -0.39 is 0 Å². The van der Waals surface area contributed by atoms with E-state index in [2.05, 4.69) is 21.7 Å². The number of aromatic nitrogens is 1. The number of halogens is 1. The van der Waals surface area contributed by atoms with E-state index in [-0.39, 0.29) is 40.9 Å². The molecule has 2 aliphatic rings. The van der Waals surface area contributed by atoms with Crippen molar-refractivity contribution in [3.05, 3.63) is 68.6 Å². The number of carbonyl (C=O) groups is 1. The number of nitrogens with one attached hydrogen (secondary N) is 2. The van der Waals surface area contributed by atoms with Crippen LogP contribution in [0.25, 0.3) is 10.9 Å². The van der Waals surface area contributed by atoms with Crippen molar-refractivity contribution >= 4 is 40.6 Å². The van der Waals surface area contributed by atoms with Crippen LogP contribution in [0.4, 0.5) is 0 Å². The lowest BCUT2D eigenvalue weighted by Crippen LogP contribution is -2.40. The highest BCUT2D eigenvalue weighted by atomic mass is 35.5. The van der Waals surface area contributed by atoms with E-state index in [1.165, 1.54) is 0 Å². The van der Waals surface area contributed by atoms with Crippen LogP contribution in [0.2, 0.25) is 0 Å². The third-order valence-corrected chi connectivity index (χ3v) is 7.03. The third kappa shape index (κ3) is 3.72. The molecule has 5 nitrogen and oxygen atoms in total. The highest BCUT2D eigenvalue weighted by Crippen LogP contribution is 2.56. The van der Waals surface area contributed by atoms with Crippen LogP contribution >= 0.6 is 23.7 Å². The molecule has 3 aromatic rings. The monoisotopic (exact) mass is 429 g/mol. The fourth-order valence-electron chi connectivity index (χ4n) is 4.59. The number of hydrogen-bond donors (Lipinski definition) is 2. The quantitative estimate of drug-likeness (QED) is 0.663. The Morgan fingerprint density at radius 1 is 1.21 bits per heavy atom. The second-order valence-electron chi connectivity index (χ2n) is 8.00. The van der Waals surface area contributed by atoms with E-state index in [4.69, 9.17) is 0 Å². The number of carbonyl (C=O) groups excluding carboxylic acids is 1. The lowest BCUT2D eigenvalue weighted by Gasteiger charge is -2.29. The Balaban J connectivity index is 0.00000205. The molecule has 7 heteroatoms. The first kappa shape index (κ1) is 20.1. The Morgan fingerprint density at radius 3 is 2.76 bits per heavy atom. The van der Waals surface area contributed by atoms with Gasteiger partial charge in [0.15, 0.2) is 0 Å². The summed E-state index contributed by atoms with van der Waals surface area (Å²) in [5.74, 6) is -0.154. The zero-order chi connectivity index (χ0) is 19.1. The molecule has 2 aromatic heterocycles. The van der Waals surface area contributed by atoms with E-state index in [1.54, 1.807) is 17.4 Å². The van der Waals surface area contributed by atoms with Crippen molar-refractivity contribution in [3.8, 4) is 0 Å². The highest BCUT2D eigenvalue weighted by Gasteiger charge is 2.57. The van der Waals surface area contributed by atoms with Crippen LogP contribution in [0.1, 0.15) is 35.2 Å². The first-order valence-electron chi connectivity index (χ1n) is 9.81. The molecular weight excluding hydrogens is 406 g/mol. The van der Waals surface area contributed by atoms with E-state index in [9.17, 15) is 9.59 Å². The molecule has 1 spiro atoms. The Hall–Kier alpha value is -2.15. The van der Waals surface area contributed by atoms with Crippen LogP contribution in [0.5, 0.6) is 0 Å². The van der Waals surface area contributed by atoms with Crippen LogP contribution in [0.15, 0.2) is 52.0 Å². The molecule has 152 valence electrons. The number of thiophene rings is 1. The van der Waals surface area contributed by atoms with Crippen molar-refractivity contribution in [1.82, 2.24) is 15.2 Å². The van der Waals surface area contributed by atoms with Gasteiger partial charge in [-0.25, -0.2) is 0 Å². The number of piperidine rings is 1. The van der Waals surface area contributed by atoms with Gasteiger partial charge >= 0.3 is 0 Å². The average Bonchev–Trinajstić information content (AvgIpc) is 3.14. The number of amides is 1. The molecule has 0 radical (unpaired) electrons. The van der Waals surface area contributed by atoms with Crippen molar-refractivity contribution in [2.75, 3.05) is 13.1 Å². The van der Waals surface area contributed by atoms with Gasteiger partial charge in [-0.2, -0.15) is 11.3 Å². The minimum absolute atomic E-state index is 0. The average molecular weight is 430 g/mol. The van der Waals surface area contributed by atoms with Crippen molar-refractivity contribution in [2.45, 2.75) is 31.8 Å². The minimum Gasteiger partial charge on any atom is -0.331 e. The summed E-state index contributed by atoms with van der Waals surface area (Å²) >= 11 is 1.64. The number of H-pyrrole nitrogens is 1. The smallest absolute Gasteiger partial charge is 0.261 e. The largest absolute Gasteiger partial charge is 0.331 e. The summed E-state index contributed by atoms with van der Waals surface area (Å²) in [5, 5.41) is 8.42. The molecule has 1 atom stereocenters. The predicted octanol–water partition coefficient (Wildman–Crippen LogP) is 3.80. The fourth-order valence-corrected chi connectivity index (χ4v) is 5.25. The zero-order valence-electron chi connectivity index (χ0n) is 16.0. The van der Waals surface area contributed by atoms with Crippen LogP contribution in [0.3, 0.4) is 0 Å². The van der Waals surface area contributed by atoms with Crippen molar-refractivity contribution < 1.29 is 4.79 Å². The van der Waals surface area contributed by atoms with Crippen molar-refractivity contribution in [2.24, 2.45) is 5.41 Å². The maximum absolute atomic E-state index is 13.5. The number of nitrogens with zero attached hydrogens (tertiary/aromatic N) is 1. The van der Waals surface area contributed by atoms with Crippen molar-refractivity contribution in [3.63, 3.8) is 0 Å². The number of benzene rings is 1. The fraction of sp³-hybridized carbons (Fsp3) is 0.364. The topological polar surface area (TPSA) is 65.2 Å². The first-order valence-corrected chi connectivity index (χ1v) is 10.8. The van der Waals surface area contributed by atoms with Gasteiger partial charge in [0, 0.05) is 18.1 Å². The molecular formula is C22H24ClN3O2S. The van der Waals surface area contributed by atoms with Crippen molar-refractivity contribution in [1.29, 1.82) is 0 Å². The van der Waals surface area contributed by atoms with Gasteiger partial charge in [-0.15, -0.1) is 12.4 Å². The highest BCUT2D eigenvalue weighted by molar-refractivity contribution is 7.07. The van der Waals surface area contributed by atoms with Crippen LogP contribution in [-0.2, 0) is 6.54 Å². The number of fused-ring (bicyclic) bond motifs is 1. The minimum atomic E-state index is -0.306. The summed E-state index contributed by atoms with van der Waals surface area (Å²) in [5.41, 5.74) is 2.05.